The third kappa shape index (κ3) is 3.75. The molecule has 0 aromatic rings. The van der Waals surface area contributed by atoms with Crippen molar-refractivity contribution in [1.29, 1.82) is 0 Å². The van der Waals surface area contributed by atoms with Crippen molar-refractivity contribution in [3.63, 3.8) is 0 Å². The van der Waals surface area contributed by atoms with E-state index >= 15 is 0 Å². The van der Waals surface area contributed by atoms with E-state index in [1.165, 1.54) is 0 Å². The van der Waals surface area contributed by atoms with Gasteiger partial charge in [0.1, 0.15) is 5.60 Å². The number of carboxylic acids is 1. The van der Waals surface area contributed by atoms with Crippen LogP contribution in [-0.2, 0) is 23.9 Å². The lowest BCUT2D eigenvalue weighted by Gasteiger charge is -2.60. The summed E-state index contributed by atoms with van der Waals surface area (Å²) in [5.74, 6) is -2.20. The lowest BCUT2D eigenvalue weighted by Crippen LogP contribution is -2.62. The van der Waals surface area contributed by atoms with E-state index < -0.39 is 41.4 Å². The Kier molecular flexibility index (Phi) is 6.06. The van der Waals surface area contributed by atoms with Crippen molar-refractivity contribution in [3.8, 4) is 0 Å². The lowest BCUT2D eigenvalue weighted by atomic mass is 9.45. The van der Waals surface area contributed by atoms with Gasteiger partial charge in [0.15, 0.2) is 12.4 Å². The number of aliphatic hydroxyl groups is 2. The van der Waals surface area contributed by atoms with Gasteiger partial charge in [-0.3, -0.25) is 19.2 Å². The molecule has 8 heteroatoms. The molecule has 8 nitrogen and oxygen atoms in total. The summed E-state index contributed by atoms with van der Waals surface area (Å²) in [5, 5.41) is 31.6. The number of ether oxygens (including phenoxy) is 1. The van der Waals surface area contributed by atoms with Gasteiger partial charge in [0, 0.05) is 11.8 Å². The first-order chi connectivity index (χ1) is 15.4. The van der Waals surface area contributed by atoms with Gasteiger partial charge in [-0.05, 0) is 67.8 Å². The number of hydrogen-bond donors (Lipinski definition) is 3. The van der Waals surface area contributed by atoms with Crippen LogP contribution in [0.4, 0.5) is 0 Å². The Morgan fingerprint density at radius 1 is 1.12 bits per heavy atom. The molecule has 4 rings (SSSR count). The number of carbonyl (C=O) groups excluding carboxylic acids is 3. The maximum atomic E-state index is 13.1. The van der Waals surface area contributed by atoms with Crippen molar-refractivity contribution in [2.24, 2.45) is 28.6 Å². The molecule has 0 amide bonds. The number of ketones is 2. The normalized spacial score (nSPS) is 41.9. The summed E-state index contributed by atoms with van der Waals surface area (Å²) in [6.07, 6.45) is 4.30. The number of rotatable bonds is 6. The second kappa shape index (κ2) is 8.31. The van der Waals surface area contributed by atoms with Crippen LogP contribution in [-0.4, -0.2) is 57.1 Å². The average molecular weight is 463 g/mol. The molecular formula is C25H34O8. The Morgan fingerprint density at radius 3 is 2.55 bits per heavy atom. The van der Waals surface area contributed by atoms with E-state index in [1.807, 2.05) is 6.92 Å². The van der Waals surface area contributed by atoms with Crippen LogP contribution in [0.3, 0.4) is 0 Å². The van der Waals surface area contributed by atoms with Gasteiger partial charge in [0.05, 0.1) is 18.9 Å². The van der Waals surface area contributed by atoms with Gasteiger partial charge in [-0.1, -0.05) is 19.4 Å². The number of hydrogen-bond acceptors (Lipinski definition) is 7. The number of allylic oxidation sites excluding steroid dienone is 1. The minimum absolute atomic E-state index is 0.0185. The number of esters is 1. The SMILES string of the molecule is C[C@]12CCC(=O)C=C1CCC1C2[C@@H](O)C[C@@]2(C)C1CCC2(O)C(=O)COC(=O)CCC(=O)O. The zero-order valence-electron chi connectivity index (χ0n) is 19.3. The molecule has 0 bridgehead atoms. The summed E-state index contributed by atoms with van der Waals surface area (Å²) in [4.78, 5) is 47.5. The van der Waals surface area contributed by atoms with Gasteiger partial charge in [-0.15, -0.1) is 0 Å². The average Bonchev–Trinajstić information content (AvgIpc) is 3.02. The van der Waals surface area contributed by atoms with Crippen LogP contribution in [0.15, 0.2) is 11.6 Å². The van der Waals surface area contributed by atoms with E-state index in [1.54, 1.807) is 6.08 Å². The number of carboxylic acid groups (broad SMARTS) is 1. The van der Waals surface area contributed by atoms with Crippen LogP contribution >= 0.6 is 0 Å². The third-order valence-corrected chi connectivity index (χ3v) is 9.42. The molecule has 0 aromatic heterocycles. The van der Waals surface area contributed by atoms with Gasteiger partial charge in [0.25, 0.3) is 0 Å². The Bertz CT molecular complexity index is 908. The molecule has 3 saturated carbocycles. The molecule has 33 heavy (non-hydrogen) atoms. The molecule has 4 aliphatic rings. The summed E-state index contributed by atoms with van der Waals surface area (Å²) in [5.41, 5.74) is -1.68. The minimum Gasteiger partial charge on any atom is -0.481 e. The highest BCUT2D eigenvalue weighted by Crippen LogP contribution is 2.67. The van der Waals surface area contributed by atoms with E-state index in [2.05, 4.69) is 6.92 Å². The molecule has 0 spiro atoms. The fourth-order valence-corrected chi connectivity index (χ4v) is 7.70. The summed E-state index contributed by atoms with van der Waals surface area (Å²) in [6, 6.07) is 0. The fourth-order valence-electron chi connectivity index (χ4n) is 7.70. The van der Waals surface area contributed by atoms with Gasteiger partial charge in [-0.2, -0.15) is 0 Å². The van der Waals surface area contributed by atoms with Crippen molar-refractivity contribution in [2.45, 2.75) is 83.3 Å². The highest BCUT2D eigenvalue weighted by molar-refractivity contribution is 5.92. The Labute approximate surface area is 193 Å². The molecule has 0 aromatic carbocycles. The van der Waals surface area contributed by atoms with Crippen LogP contribution in [0.2, 0.25) is 0 Å². The molecule has 0 radical (unpaired) electrons. The highest BCUT2D eigenvalue weighted by atomic mass is 16.5. The van der Waals surface area contributed by atoms with Crippen molar-refractivity contribution in [1.82, 2.24) is 0 Å². The van der Waals surface area contributed by atoms with Gasteiger partial charge in [0.2, 0.25) is 5.78 Å². The number of carbonyl (C=O) groups is 4. The van der Waals surface area contributed by atoms with Crippen LogP contribution in [0.5, 0.6) is 0 Å². The first-order valence-corrected chi connectivity index (χ1v) is 12.0. The molecule has 7 atom stereocenters. The predicted octanol–water partition coefficient (Wildman–Crippen LogP) is 2.20. The van der Waals surface area contributed by atoms with Gasteiger partial charge >= 0.3 is 11.9 Å². The maximum absolute atomic E-state index is 13.1. The largest absolute Gasteiger partial charge is 0.481 e. The van der Waals surface area contributed by atoms with Crippen LogP contribution < -0.4 is 0 Å². The first kappa shape index (κ1) is 24.1. The van der Waals surface area contributed by atoms with E-state index in [-0.39, 0.29) is 54.6 Å². The van der Waals surface area contributed by atoms with E-state index in [4.69, 9.17) is 9.84 Å². The van der Waals surface area contributed by atoms with Crippen molar-refractivity contribution in [3.05, 3.63) is 11.6 Å². The third-order valence-electron chi connectivity index (χ3n) is 9.42. The first-order valence-electron chi connectivity index (χ1n) is 12.0. The van der Waals surface area contributed by atoms with Crippen molar-refractivity contribution >= 4 is 23.5 Å². The molecule has 3 fully saturated rings. The molecule has 4 unspecified atom stereocenters. The standard InChI is InChI=1S/C25H34O8/c1-23-9-7-15(26)11-14(23)3-4-16-17-8-10-25(32,24(17,2)12-18(27)22(16)23)19(28)13-33-21(31)6-5-20(29)30/h11,16-18,22,27,32H,3-10,12-13H2,1-2H3,(H,29,30)/t16?,17?,18-,22?,23-,24-,25?/m0/s1. The van der Waals surface area contributed by atoms with Gasteiger partial charge in [-0.25, -0.2) is 0 Å². The Hall–Kier alpha value is -2.06. The van der Waals surface area contributed by atoms with Gasteiger partial charge < -0.3 is 20.1 Å². The number of Topliss-reactive ketones (excluding diaryl/α,β-unsaturated/α-hetero) is 1. The second-order valence-corrected chi connectivity index (χ2v) is 11.0. The zero-order chi connectivity index (χ0) is 24.2. The monoisotopic (exact) mass is 462 g/mol. The lowest BCUT2D eigenvalue weighted by molar-refractivity contribution is -0.184. The Balaban J connectivity index is 1.53. The quantitative estimate of drug-likeness (QED) is 0.511. The molecule has 0 aliphatic heterocycles. The smallest absolute Gasteiger partial charge is 0.306 e. The zero-order valence-corrected chi connectivity index (χ0v) is 19.3. The maximum Gasteiger partial charge on any atom is 0.306 e. The van der Waals surface area contributed by atoms with Crippen LogP contribution in [0.25, 0.3) is 0 Å². The molecule has 3 N–H and O–H groups in total. The van der Waals surface area contributed by atoms with E-state index in [9.17, 15) is 29.4 Å². The van der Waals surface area contributed by atoms with Crippen molar-refractivity contribution < 1.29 is 39.2 Å². The number of aliphatic hydroxyl groups excluding tert-OH is 1. The van der Waals surface area contributed by atoms with E-state index in [0.717, 1.165) is 24.8 Å². The van der Waals surface area contributed by atoms with Crippen LogP contribution in [0, 0.1) is 28.6 Å². The fraction of sp³-hybridized carbons (Fsp3) is 0.760. The topological polar surface area (TPSA) is 138 Å². The minimum atomic E-state index is -1.71. The van der Waals surface area contributed by atoms with E-state index in [0.29, 0.717) is 12.8 Å². The number of fused-ring (bicyclic) bond motifs is 5. The van der Waals surface area contributed by atoms with Crippen molar-refractivity contribution in [2.75, 3.05) is 6.61 Å². The molecular weight excluding hydrogens is 428 g/mol. The summed E-state index contributed by atoms with van der Waals surface area (Å²) >= 11 is 0. The summed E-state index contributed by atoms with van der Waals surface area (Å²) in [6.45, 7) is 3.41. The molecule has 4 aliphatic carbocycles. The van der Waals surface area contributed by atoms with Crippen LogP contribution in [0.1, 0.15) is 71.6 Å². The predicted molar refractivity (Wildman–Crippen MR) is 116 cm³/mol. The summed E-state index contributed by atoms with van der Waals surface area (Å²) < 4.78 is 4.97. The second-order valence-electron chi connectivity index (χ2n) is 11.0. The Morgan fingerprint density at radius 2 is 1.85 bits per heavy atom. The molecule has 0 heterocycles. The number of aliphatic carboxylic acids is 1. The highest BCUT2D eigenvalue weighted by Gasteiger charge is 2.68. The summed E-state index contributed by atoms with van der Waals surface area (Å²) in [7, 11) is 0. The molecule has 0 saturated heterocycles. The molecule has 182 valence electrons.